The van der Waals surface area contributed by atoms with Gasteiger partial charge in [-0.3, -0.25) is 9.80 Å². The molecule has 1 saturated heterocycles. The average molecular weight is 313 g/mol. The zero-order chi connectivity index (χ0) is 15.4. The highest BCUT2D eigenvalue weighted by molar-refractivity contribution is 6.30. The summed E-state index contributed by atoms with van der Waals surface area (Å²) >= 11 is 6.09. The second-order valence-electron chi connectivity index (χ2n) is 5.51. The van der Waals surface area contributed by atoms with Gasteiger partial charge in [-0.2, -0.15) is 0 Å². The maximum atomic E-state index is 10.2. The topological polar surface area (TPSA) is 35.9 Å². The second-order valence-corrected chi connectivity index (χ2v) is 5.95. The number of likely N-dealkylation sites (tertiary alicyclic amines) is 1. The van der Waals surface area contributed by atoms with Crippen LogP contribution in [-0.4, -0.2) is 54.2 Å². The molecule has 0 radical (unpaired) electrons. The summed E-state index contributed by atoms with van der Waals surface area (Å²) < 4.78 is 5.16. The normalized spacial score (nSPS) is 19.4. The summed E-state index contributed by atoms with van der Waals surface area (Å²) in [5, 5.41) is 10.8. The van der Waals surface area contributed by atoms with E-state index in [2.05, 4.69) is 23.6 Å². The van der Waals surface area contributed by atoms with E-state index in [-0.39, 0.29) is 5.75 Å². The van der Waals surface area contributed by atoms with Crippen molar-refractivity contribution in [3.8, 4) is 11.5 Å². The molecule has 0 saturated carbocycles. The van der Waals surface area contributed by atoms with E-state index in [0.717, 1.165) is 31.7 Å². The Morgan fingerprint density at radius 3 is 2.71 bits per heavy atom. The fourth-order valence-corrected chi connectivity index (χ4v) is 3.37. The van der Waals surface area contributed by atoms with Crippen LogP contribution in [0.1, 0.15) is 25.8 Å². The number of nitrogens with zero attached hydrogens (tertiary/aromatic N) is 2. The first-order valence-electron chi connectivity index (χ1n) is 7.60. The highest BCUT2D eigenvalue weighted by atomic mass is 35.5. The van der Waals surface area contributed by atoms with Gasteiger partial charge in [-0.1, -0.05) is 25.4 Å². The third-order valence-corrected chi connectivity index (χ3v) is 4.53. The number of phenolic OH excluding ortho intramolecular Hbond substituents is 1. The van der Waals surface area contributed by atoms with Crippen molar-refractivity contribution >= 4 is 11.6 Å². The Bertz CT molecular complexity index is 478. The summed E-state index contributed by atoms with van der Waals surface area (Å²) in [4.78, 5) is 4.87. The first-order chi connectivity index (χ1) is 10.1. The molecule has 0 aliphatic carbocycles. The molecule has 4 nitrogen and oxygen atoms in total. The first kappa shape index (κ1) is 16.4. The molecule has 0 spiro atoms. The van der Waals surface area contributed by atoms with E-state index in [4.69, 9.17) is 16.3 Å². The Morgan fingerprint density at radius 2 is 2.10 bits per heavy atom. The van der Waals surface area contributed by atoms with E-state index < -0.39 is 0 Å². The van der Waals surface area contributed by atoms with E-state index in [1.54, 1.807) is 13.2 Å². The van der Waals surface area contributed by atoms with Gasteiger partial charge in [-0.25, -0.2) is 0 Å². The molecular weight excluding hydrogens is 288 g/mol. The minimum Gasteiger partial charge on any atom is -0.504 e. The third-order valence-electron chi connectivity index (χ3n) is 4.31. The van der Waals surface area contributed by atoms with Gasteiger partial charge >= 0.3 is 0 Å². The highest BCUT2D eigenvalue weighted by Crippen LogP contribution is 2.34. The van der Waals surface area contributed by atoms with Crippen molar-refractivity contribution in [1.29, 1.82) is 0 Å². The van der Waals surface area contributed by atoms with E-state index in [0.29, 0.717) is 23.4 Å². The van der Waals surface area contributed by atoms with Crippen LogP contribution < -0.4 is 4.74 Å². The number of benzene rings is 1. The number of aromatic hydroxyl groups is 1. The molecule has 1 N–H and O–H groups in total. The highest BCUT2D eigenvalue weighted by Gasteiger charge is 2.26. The lowest BCUT2D eigenvalue weighted by Crippen LogP contribution is -2.37. The zero-order valence-electron chi connectivity index (χ0n) is 13.1. The van der Waals surface area contributed by atoms with Crippen LogP contribution >= 0.6 is 11.6 Å². The first-order valence-corrected chi connectivity index (χ1v) is 7.98. The van der Waals surface area contributed by atoms with Crippen LogP contribution in [-0.2, 0) is 6.54 Å². The van der Waals surface area contributed by atoms with Crippen molar-refractivity contribution < 1.29 is 9.84 Å². The molecule has 1 unspecified atom stereocenters. The summed E-state index contributed by atoms with van der Waals surface area (Å²) in [7, 11) is 1.54. The van der Waals surface area contributed by atoms with Crippen LogP contribution in [0.2, 0.25) is 5.02 Å². The summed E-state index contributed by atoms with van der Waals surface area (Å²) in [5.41, 5.74) is 0.833. The van der Waals surface area contributed by atoms with E-state index >= 15 is 0 Å². The fraction of sp³-hybridized carbons (Fsp3) is 0.625. The second kappa shape index (κ2) is 7.34. The molecule has 1 aromatic carbocycles. The maximum Gasteiger partial charge on any atom is 0.162 e. The Hall–Kier alpha value is -0.970. The van der Waals surface area contributed by atoms with Crippen LogP contribution in [0.25, 0.3) is 0 Å². The minimum atomic E-state index is 0.202. The molecule has 21 heavy (non-hydrogen) atoms. The number of rotatable bonds is 6. The molecule has 1 atom stereocenters. The lowest BCUT2D eigenvalue weighted by atomic mass is 10.1. The number of hydrogen-bond acceptors (Lipinski definition) is 4. The molecule has 2 rings (SSSR count). The molecule has 1 aliphatic heterocycles. The predicted octanol–water partition coefficient (Wildman–Crippen LogP) is 2.97. The molecule has 118 valence electrons. The smallest absolute Gasteiger partial charge is 0.162 e. The number of halogens is 1. The Morgan fingerprint density at radius 1 is 1.38 bits per heavy atom. The van der Waals surface area contributed by atoms with Crippen LogP contribution in [0.4, 0.5) is 0 Å². The Balaban J connectivity index is 2.05. The number of ether oxygens (including phenoxy) is 1. The number of methoxy groups -OCH3 is 1. The largest absolute Gasteiger partial charge is 0.504 e. The quantitative estimate of drug-likeness (QED) is 0.876. The molecule has 0 bridgehead atoms. The van der Waals surface area contributed by atoms with Gasteiger partial charge in [-0.15, -0.1) is 0 Å². The average Bonchev–Trinajstić information content (AvgIpc) is 2.92. The van der Waals surface area contributed by atoms with E-state index in [1.807, 2.05) is 6.07 Å². The minimum absolute atomic E-state index is 0.202. The summed E-state index contributed by atoms with van der Waals surface area (Å²) in [6.45, 7) is 9.39. The van der Waals surface area contributed by atoms with Gasteiger partial charge in [0.2, 0.25) is 0 Å². The predicted molar refractivity (Wildman–Crippen MR) is 86.3 cm³/mol. The molecule has 1 aliphatic rings. The Labute approximate surface area is 132 Å². The standard InChI is InChI=1S/C16H25ClN2O2/c1-4-19(5-2)14-6-7-18(11-14)10-12-8-13(17)9-15(21-3)16(12)20/h8-9,14,20H,4-7,10-11H2,1-3H3. The molecule has 0 amide bonds. The van der Waals surface area contributed by atoms with E-state index in [9.17, 15) is 5.11 Å². The van der Waals surface area contributed by atoms with Crippen molar-refractivity contribution in [3.63, 3.8) is 0 Å². The van der Waals surface area contributed by atoms with Crippen LogP contribution in [0.5, 0.6) is 11.5 Å². The lowest BCUT2D eigenvalue weighted by molar-refractivity contribution is 0.208. The molecular formula is C16H25ClN2O2. The molecule has 1 fully saturated rings. The van der Waals surface area contributed by atoms with Crippen molar-refractivity contribution in [2.24, 2.45) is 0 Å². The van der Waals surface area contributed by atoms with Gasteiger partial charge in [-0.05, 0) is 25.6 Å². The van der Waals surface area contributed by atoms with Crippen LogP contribution in [0.3, 0.4) is 0 Å². The van der Waals surface area contributed by atoms with Crippen molar-refractivity contribution in [2.45, 2.75) is 32.9 Å². The molecule has 1 aromatic rings. The summed E-state index contributed by atoms with van der Waals surface area (Å²) in [5.74, 6) is 0.644. The van der Waals surface area contributed by atoms with Gasteiger partial charge < -0.3 is 9.84 Å². The van der Waals surface area contributed by atoms with Crippen molar-refractivity contribution in [3.05, 3.63) is 22.7 Å². The van der Waals surface area contributed by atoms with Gasteiger partial charge in [0.25, 0.3) is 0 Å². The van der Waals surface area contributed by atoms with Gasteiger partial charge in [0, 0.05) is 42.3 Å². The van der Waals surface area contributed by atoms with E-state index in [1.165, 1.54) is 6.42 Å². The fourth-order valence-electron chi connectivity index (χ4n) is 3.14. The maximum absolute atomic E-state index is 10.2. The number of likely N-dealkylation sites (N-methyl/N-ethyl adjacent to an activating group) is 1. The lowest BCUT2D eigenvalue weighted by Gasteiger charge is -2.26. The summed E-state index contributed by atoms with van der Waals surface area (Å²) in [6.07, 6.45) is 1.18. The van der Waals surface area contributed by atoms with Crippen molar-refractivity contribution in [1.82, 2.24) is 9.80 Å². The van der Waals surface area contributed by atoms with Crippen LogP contribution in [0, 0.1) is 0 Å². The number of phenols is 1. The zero-order valence-corrected chi connectivity index (χ0v) is 13.9. The monoisotopic (exact) mass is 312 g/mol. The van der Waals surface area contributed by atoms with Gasteiger partial charge in [0.05, 0.1) is 7.11 Å². The molecule has 1 heterocycles. The molecule has 0 aromatic heterocycles. The number of hydrogen-bond donors (Lipinski definition) is 1. The molecule has 5 heteroatoms. The van der Waals surface area contributed by atoms with Gasteiger partial charge in [0.1, 0.15) is 0 Å². The Kier molecular flexibility index (Phi) is 5.73. The van der Waals surface area contributed by atoms with Gasteiger partial charge in [0.15, 0.2) is 11.5 Å². The SMILES string of the molecule is CCN(CC)C1CCN(Cc2cc(Cl)cc(OC)c2O)C1. The third kappa shape index (κ3) is 3.82. The van der Waals surface area contributed by atoms with Crippen molar-refractivity contribution in [2.75, 3.05) is 33.3 Å². The summed E-state index contributed by atoms with van der Waals surface area (Å²) in [6, 6.07) is 4.08. The van der Waals surface area contributed by atoms with Crippen LogP contribution in [0.15, 0.2) is 12.1 Å².